The normalized spacial score (nSPS) is 12.3. The fourth-order valence-electron chi connectivity index (χ4n) is 2.95. The number of halogens is 1. The molecule has 0 spiro atoms. The zero-order valence-electron chi connectivity index (χ0n) is 17.3. The molecule has 0 bridgehead atoms. The van der Waals surface area contributed by atoms with E-state index in [-0.39, 0.29) is 24.8 Å². The molecule has 0 aromatic heterocycles. The minimum absolute atomic E-state index is 0. The number of hydrogen-bond donors (Lipinski definition) is 1. The third-order valence-corrected chi connectivity index (χ3v) is 4.19. The van der Waals surface area contributed by atoms with Gasteiger partial charge in [-0.15, -0.1) is 0 Å². The Kier molecular flexibility index (Phi) is 17.3. The zero-order valence-corrected chi connectivity index (χ0v) is 18.0. The van der Waals surface area contributed by atoms with Crippen molar-refractivity contribution in [3.63, 3.8) is 0 Å². The van der Waals surface area contributed by atoms with Gasteiger partial charge in [-0.05, 0) is 6.42 Å². The number of carboxylic acid groups (broad SMARTS) is 1. The van der Waals surface area contributed by atoms with Crippen molar-refractivity contribution in [2.45, 2.75) is 90.1 Å². The molecule has 0 rings (SSSR count). The largest absolute Gasteiger partial charge is 1.00 e. The average molecular weight is 394 g/mol. The van der Waals surface area contributed by atoms with E-state index in [1.165, 1.54) is 51.4 Å². The standard InChI is InChI=1S/C20H39NO4.ClH/c1-5-6-7-8-9-10-11-12-13-14-15-20(24)25-18(16-19(22)23)17-21(2,3)4;/h18H,5-17H2,1-4H3;1H/t18-;/m0./s1. The Morgan fingerprint density at radius 3 is 1.77 bits per heavy atom. The summed E-state index contributed by atoms with van der Waals surface area (Å²) in [4.78, 5) is 22.9. The van der Waals surface area contributed by atoms with Gasteiger partial charge in [0.2, 0.25) is 0 Å². The van der Waals surface area contributed by atoms with Gasteiger partial charge in [0.15, 0.2) is 6.10 Å². The first-order chi connectivity index (χ1) is 11.7. The minimum Gasteiger partial charge on any atom is -1.00 e. The van der Waals surface area contributed by atoms with Gasteiger partial charge in [-0.1, -0.05) is 64.7 Å². The minimum atomic E-state index is -0.926. The zero-order chi connectivity index (χ0) is 19.1. The molecule has 0 aliphatic rings. The third-order valence-electron chi connectivity index (χ3n) is 4.19. The highest BCUT2D eigenvalue weighted by Gasteiger charge is 2.24. The second kappa shape index (κ2) is 16.4. The van der Waals surface area contributed by atoms with Crippen molar-refractivity contribution >= 4 is 11.9 Å². The van der Waals surface area contributed by atoms with E-state index in [2.05, 4.69) is 6.92 Å². The molecule has 0 heterocycles. The molecule has 0 aromatic carbocycles. The molecule has 156 valence electrons. The summed E-state index contributed by atoms with van der Waals surface area (Å²) in [6, 6.07) is 0. The number of rotatable bonds is 16. The van der Waals surface area contributed by atoms with Crippen LogP contribution >= 0.6 is 0 Å². The summed E-state index contributed by atoms with van der Waals surface area (Å²) >= 11 is 0. The molecule has 0 saturated heterocycles. The average Bonchev–Trinajstić information content (AvgIpc) is 2.46. The Morgan fingerprint density at radius 2 is 1.35 bits per heavy atom. The van der Waals surface area contributed by atoms with Gasteiger partial charge < -0.3 is 26.7 Å². The summed E-state index contributed by atoms with van der Waals surface area (Å²) < 4.78 is 5.96. The Balaban J connectivity index is 0. The molecule has 0 aliphatic carbocycles. The van der Waals surface area contributed by atoms with Crippen molar-refractivity contribution in [1.29, 1.82) is 0 Å². The molecule has 0 fully saturated rings. The van der Waals surface area contributed by atoms with Gasteiger partial charge in [-0.25, -0.2) is 0 Å². The lowest BCUT2D eigenvalue weighted by atomic mass is 10.1. The van der Waals surface area contributed by atoms with Gasteiger partial charge in [-0.3, -0.25) is 9.59 Å². The summed E-state index contributed by atoms with van der Waals surface area (Å²) in [5.74, 6) is -1.19. The van der Waals surface area contributed by atoms with Crippen LogP contribution in [0, 0.1) is 0 Å². The first-order valence-corrected chi connectivity index (χ1v) is 9.96. The lowest BCUT2D eigenvalue weighted by molar-refractivity contribution is -0.873. The van der Waals surface area contributed by atoms with Crippen LogP contribution in [0.5, 0.6) is 0 Å². The second-order valence-electron chi connectivity index (χ2n) is 8.11. The molecule has 0 aromatic rings. The van der Waals surface area contributed by atoms with E-state index in [1.807, 2.05) is 21.1 Å². The van der Waals surface area contributed by atoms with E-state index >= 15 is 0 Å². The van der Waals surface area contributed by atoms with E-state index in [9.17, 15) is 9.59 Å². The third kappa shape index (κ3) is 19.5. The molecular weight excluding hydrogens is 354 g/mol. The molecule has 26 heavy (non-hydrogen) atoms. The van der Waals surface area contributed by atoms with E-state index in [0.29, 0.717) is 17.4 Å². The molecular formula is C20H40ClNO4. The molecule has 0 amide bonds. The number of likely N-dealkylation sites (N-methyl/N-ethyl adjacent to an activating group) is 1. The number of hydrogen-bond acceptors (Lipinski definition) is 3. The van der Waals surface area contributed by atoms with Crippen LogP contribution in [0.4, 0.5) is 0 Å². The number of esters is 1. The summed E-state index contributed by atoms with van der Waals surface area (Å²) in [6.45, 7) is 2.74. The van der Waals surface area contributed by atoms with Gasteiger partial charge in [0.25, 0.3) is 0 Å². The Hall–Kier alpha value is -0.810. The van der Waals surface area contributed by atoms with Gasteiger partial charge in [-0.2, -0.15) is 0 Å². The lowest BCUT2D eigenvalue weighted by Gasteiger charge is -2.28. The van der Waals surface area contributed by atoms with Crippen LogP contribution in [-0.2, 0) is 14.3 Å². The quantitative estimate of drug-likeness (QED) is 0.244. The lowest BCUT2D eigenvalue weighted by Crippen LogP contribution is -3.00. The summed E-state index contributed by atoms with van der Waals surface area (Å²) in [7, 11) is 5.89. The molecule has 1 N–H and O–H groups in total. The Labute approximate surface area is 166 Å². The Morgan fingerprint density at radius 1 is 0.885 bits per heavy atom. The summed E-state index contributed by atoms with van der Waals surface area (Å²) in [5.41, 5.74) is 0. The van der Waals surface area contributed by atoms with Gasteiger partial charge in [0.05, 0.1) is 27.6 Å². The van der Waals surface area contributed by atoms with Crippen molar-refractivity contribution in [2.24, 2.45) is 0 Å². The van der Waals surface area contributed by atoms with Crippen molar-refractivity contribution in [3.05, 3.63) is 0 Å². The predicted molar refractivity (Wildman–Crippen MR) is 101 cm³/mol. The van der Waals surface area contributed by atoms with Crippen molar-refractivity contribution < 1.29 is 36.3 Å². The van der Waals surface area contributed by atoms with Crippen LogP contribution in [0.2, 0.25) is 0 Å². The SMILES string of the molecule is CCCCCCCCCCCCC(=O)O[C@@H](CC(=O)O)C[N+](C)(C)C.[Cl-]. The maximum absolute atomic E-state index is 11.9. The predicted octanol–water partition coefficient (Wildman–Crippen LogP) is 1.39. The first kappa shape index (κ1) is 27.4. The van der Waals surface area contributed by atoms with Crippen molar-refractivity contribution in [1.82, 2.24) is 0 Å². The van der Waals surface area contributed by atoms with E-state index in [1.54, 1.807) is 0 Å². The van der Waals surface area contributed by atoms with Crippen LogP contribution in [0.25, 0.3) is 0 Å². The molecule has 5 nitrogen and oxygen atoms in total. The van der Waals surface area contributed by atoms with Crippen molar-refractivity contribution in [3.8, 4) is 0 Å². The number of nitrogens with zero attached hydrogens (tertiary/aromatic N) is 1. The highest BCUT2D eigenvalue weighted by molar-refractivity contribution is 5.71. The molecule has 0 unspecified atom stereocenters. The number of ether oxygens (including phenoxy) is 1. The molecule has 6 heteroatoms. The summed E-state index contributed by atoms with van der Waals surface area (Å²) in [6.07, 6.45) is 11.9. The second-order valence-corrected chi connectivity index (χ2v) is 8.11. The first-order valence-electron chi connectivity index (χ1n) is 9.96. The number of unbranched alkanes of at least 4 members (excludes halogenated alkanes) is 9. The van der Waals surface area contributed by atoms with Crippen LogP contribution < -0.4 is 12.4 Å². The highest BCUT2D eigenvalue weighted by atomic mass is 35.5. The van der Waals surface area contributed by atoms with Crippen LogP contribution in [-0.4, -0.2) is 55.3 Å². The Bertz CT molecular complexity index is 369. The van der Waals surface area contributed by atoms with Gasteiger partial charge in [0.1, 0.15) is 6.54 Å². The maximum Gasteiger partial charge on any atom is 0.307 e. The molecule has 0 radical (unpaired) electrons. The fourth-order valence-corrected chi connectivity index (χ4v) is 2.95. The summed E-state index contributed by atoms with van der Waals surface area (Å²) in [5, 5.41) is 8.96. The highest BCUT2D eigenvalue weighted by Crippen LogP contribution is 2.12. The monoisotopic (exact) mass is 393 g/mol. The van der Waals surface area contributed by atoms with Crippen LogP contribution in [0.1, 0.15) is 84.0 Å². The van der Waals surface area contributed by atoms with Gasteiger partial charge in [0, 0.05) is 6.42 Å². The fraction of sp³-hybridized carbons (Fsp3) is 0.900. The molecule has 0 aliphatic heterocycles. The number of carbonyl (C=O) groups excluding carboxylic acids is 1. The number of carboxylic acids is 1. The van der Waals surface area contributed by atoms with Crippen LogP contribution in [0.15, 0.2) is 0 Å². The van der Waals surface area contributed by atoms with Crippen LogP contribution in [0.3, 0.4) is 0 Å². The van der Waals surface area contributed by atoms with E-state index in [0.717, 1.165) is 12.8 Å². The van der Waals surface area contributed by atoms with E-state index in [4.69, 9.17) is 9.84 Å². The topological polar surface area (TPSA) is 63.6 Å². The van der Waals surface area contributed by atoms with E-state index < -0.39 is 12.1 Å². The number of aliphatic carboxylic acids is 1. The molecule has 1 atom stereocenters. The van der Waals surface area contributed by atoms with Gasteiger partial charge >= 0.3 is 11.9 Å². The maximum atomic E-state index is 11.9. The number of quaternary nitrogens is 1. The molecule has 0 saturated carbocycles. The smallest absolute Gasteiger partial charge is 0.307 e. The number of carbonyl (C=O) groups is 2. The van der Waals surface area contributed by atoms with Crippen molar-refractivity contribution in [2.75, 3.05) is 27.7 Å².